The third-order valence-corrected chi connectivity index (χ3v) is 4.48. The Labute approximate surface area is 176 Å². The summed E-state index contributed by atoms with van der Waals surface area (Å²) in [6.45, 7) is 0.387. The van der Waals surface area contributed by atoms with Crippen LogP contribution in [0.5, 0.6) is 11.5 Å². The van der Waals surface area contributed by atoms with E-state index in [9.17, 15) is 9.18 Å². The standard InChI is InChI=1S/C21H16ClFN4O3/c22-16-9-15(4-5-17(16)23)26-21(25-11-13-2-1-7-24-10-13)27-20(28)14-3-6-18-19(8-14)30-12-29-18/h1-10H,11-12H2,(H2,25,26,27,28). The van der Waals surface area contributed by atoms with Gasteiger partial charge < -0.3 is 14.8 Å². The highest BCUT2D eigenvalue weighted by atomic mass is 35.5. The molecule has 9 heteroatoms. The third kappa shape index (κ3) is 4.66. The summed E-state index contributed by atoms with van der Waals surface area (Å²) in [6.07, 6.45) is 3.34. The number of carbonyl (C=O) groups is 1. The van der Waals surface area contributed by atoms with Crippen molar-refractivity contribution in [3.8, 4) is 11.5 Å². The van der Waals surface area contributed by atoms with E-state index in [1.54, 1.807) is 36.7 Å². The minimum absolute atomic E-state index is 0.0475. The number of nitrogens with zero attached hydrogens (tertiary/aromatic N) is 2. The van der Waals surface area contributed by atoms with Gasteiger partial charge in [-0.1, -0.05) is 17.7 Å². The first-order valence-corrected chi connectivity index (χ1v) is 9.33. The molecule has 0 spiro atoms. The summed E-state index contributed by atoms with van der Waals surface area (Å²) in [7, 11) is 0. The van der Waals surface area contributed by atoms with Gasteiger partial charge in [-0.15, -0.1) is 0 Å². The van der Waals surface area contributed by atoms with Crippen molar-refractivity contribution in [1.29, 1.82) is 0 Å². The minimum Gasteiger partial charge on any atom is -0.454 e. The Bertz CT molecular complexity index is 1110. The molecule has 2 heterocycles. The van der Waals surface area contributed by atoms with Gasteiger partial charge in [0.25, 0.3) is 5.91 Å². The number of fused-ring (bicyclic) bond motifs is 1. The fourth-order valence-corrected chi connectivity index (χ4v) is 2.88. The molecule has 1 aliphatic heterocycles. The molecule has 0 aliphatic carbocycles. The van der Waals surface area contributed by atoms with Crippen LogP contribution in [0.2, 0.25) is 5.02 Å². The number of hydrogen-bond donors (Lipinski definition) is 2. The molecule has 3 aromatic rings. The monoisotopic (exact) mass is 426 g/mol. The van der Waals surface area contributed by atoms with Crippen molar-refractivity contribution in [2.45, 2.75) is 6.54 Å². The first-order chi connectivity index (χ1) is 14.6. The van der Waals surface area contributed by atoms with E-state index < -0.39 is 11.7 Å². The van der Waals surface area contributed by atoms with Crippen LogP contribution in [0.3, 0.4) is 0 Å². The molecule has 0 bridgehead atoms. The SMILES string of the molecule is O=C(NC(=NCc1cccnc1)Nc1ccc(F)c(Cl)c1)c1ccc2c(c1)OCO2. The molecule has 0 radical (unpaired) electrons. The van der Waals surface area contributed by atoms with Gasteiger partial charge >= 0.3 is 0 Å². The second-order valence-electron chi connectivity index (χ2n) is 6.30. The van der Waals surface area contributed by atoms with Crippen LogP contribution in [0.1, 0.15) is 15.9 Å². The van der Waals surface area contributed by atoms with Crippen LogP contribution in [0.15, 0.2) is 65.9 Å². The molecule has 0 fully saturated rings. The maximum absolute atomic E-state index is 13.5. The van der Waals surface area contributed by atoms with Gasteiger partial charge in [-0.05, 0) is 48.0 Å². The zero-order valence-corrected chi connectivity index (χ0v) is 16.3. The highest BCUT2D eigenvalue weighted by molar-refractivity contribution is 6.31. The van der Waals surface area contributed by atoms with Gasteiger partial charge in [0.1, 0.15) is 5.82 Å². The van der Waals surface area contributed by atoms with Crippen LogP contribution in [0.25, 0.3) is 0 Å². The molecule has 2 aromatic carbocycles. The Morgan fingerprint density at radius 3 is 2.83 bits per heavy atom. The molecule has 1 aliphatic rings. The Hall–Kier alpha value is -3.65. The van der Waals surface area contributed by atoms with Crippen LogP contribution < -0.4 is 20.1 Å². The number of pyridine rings is 1. The van der Waals surface area contributed by atoms with Crippen LogP contribution in [0.4, 0.5) is 10.1 Å². The van der Waals surface area contributed by atoms with E-state index >= 15 is 0 Å². The molecule has 1 amide bonds. The zero-order valence-electron chi connectivity index (χ0n) is 15.6. The van der Waals surface area contributed by atoms with Gasteiger partial charge in [-0.3, -0.25) is 15.1 Å². The van der Waals surface area contributed by atoms with Crippen LogP contribution >= 0.6 is 11.6 Å². The third-order valence-electron chi connectivity index (χ3n) is 4.19. The van der Waals surface area contributed by atoms with Crippen molar-refractivity contribution >= 4 is 29.2 Å². The Balaban J connectivity index is 1.55. The largest absolute Gasteiger partial charge is 0.454 e. The van der Waals surface area contributed by atoms with Gasteiger partial charge in [0.05, 0.1) is 11.6 Å². The number of hydrogen-bond acceptors (Lipinski definition) is 5. The van der Waals surface area contributed by atoms with Gasteiger partial charge in [-0.25, -0.2) is 9.38 Å². The van der Waals surface area contributed by atoms with Crippen LogP contribution in [-0.2, 0) is 6.54 Å². The smallest absolute Gasteiger partial charge is 0.258 e. The predicted octanol–water partition coefficient (Wildman–Crippen LogP) is 4.00. The van der Waals surface area contributed by atoms with E-state index in [-0.39, 0.29) is 24.3 Å². The van der Waals surface area contributed by atoms with E-state index in [1.165, 1.54) is 18.2 Å². The molecule has 30 heavy (non-hydrogen) atoms. The van der Waals surface area contributed by atoms with Gasteiger partial charge in [-0.2, -0.15) is 0 Å². The average Bonchev–Trinajstić information content (AvgIpc) is 3.23. The van der Waals surface area contributed by atoms with Crippen molar-refractivity contribution in [2.75, 3.05) is 12.1 Å². The van der Waals surface area contributed by atoms with Crippen LogP contribution in [-0.4, -0.2) is 23.6 Å². The van der Waals surface area contributed by atoms with E-state index in [2.05, 4.69) is 20.6 Å². The van der Waals surface area contributed by atoms with Crippen molar-refractivity contribution in [3.05, 3.63) is 82.9 Å². The summed E-state index contributed by atoms with van der Waals surface area (Å²) < 4.78 is 24.0. The molecule has 1 aromatic heterocycles. The molecule has 2 N–H and O–H groups in total. The maximum atomic E-state index is 13.5. The highest BCUT2D eigenvalue weighted by Crippen LogP contribution is 2.32. The second-order valence-corrected chi connectivity index (χ2v) is 6.71. The number of guanidine groups is 1. The van der Waals surface area contributed by atoms with Crippen molar-refractivity contribution in [2.24, 2.45) is 4.99 Å². The number of aliphatic imine (C=N–C) groups is 1. The molecule has 7 nitrogen and oxygen atoms in total. The highest BCUT2D eigenvalue weighted by Gasteiger charge is 2.17. The molecule has 4 rings (SSSR count). The summed E-state index contributed by atoms with van der Waals surface area (Å²) in [5.74, 6) is 0.300. The second kappa shape index (κ2) is 8.79. The fraction of sp³-hybridized carbons (Fsp3) is 0.0952. The fourth-order valence-electron chi connectivity index (χ4n) is 2.70. The van der Waals surface area contributed by atoms with Gasteiger partial charge in [0, 0.05) is 23.6 Å². The summed E-state index contributed by atoms with van der Waals surface area (Å²) in [5.41, 5.74) is 1.69. The van der Waals surface area contributed by atoms with E-state index in [4.69, 9.17) is 21.1 Å². The molecule has 0 saturated carbocycles. The van der Waals surface area contributed by atoms with E-state index in [0.717, 1.165) is 5.56 Å². The van der Waals surface area contributed by atoms with Crippen molar-refractivity contribution < 1.29 is 18.7 Å². The number of amides is 1. The zero-order chi connectivity index (χ0) is 20.9. The Morgan fingerprint density at radius 1 is 1.17 bits per heavy atom. The number of halogens is 2. The number of rotatable bonds is 4. The average molecular weight is 427 g/mol. The Morgan fingerprint density at radius 2 is 2.03 bits per heavy atom. The summed E-state index contributed by atoms with van der Waals surface area (Å²) >= 11 is 5.85. The quantitative estimate of drug-likeness (QED) is 0.486. The lowest BCUT2D eigenvalue weighted by Crippen LogP contribution is -2.36. The first kappa shape index (κ1) is 19.7. The number of ether oxygens (including phenoxy) is 2. The van der Waals surface area contributed by atoms with Gasteiger partial charge in [0.15, 0.2) is 11.5 Å². The van der Waals surface area contributed by atoms with E-state index in [0.29, 0.717) is 22.7 Å². The molecule has 0 atom stereocenters. The van der Waals surface area contributed by atoms with Crippen molar-refractivity contribution in [3.63, 3.8) is 0 Å². The molecular weight excluding hydrogens is 411 g/mol. The number of anilines is 1. The van der Waals surface area contributed by atoms with Crippen LogP contribution in [0, 0.1) is 5.82 Å². The normalized spacial score (nSPS) is 12.5. The molecular formula is C21H16ClFN4O3. The number of nitrogens with one attached hydrogen (secondary N) is 2. The van der Waals surface area contributed by atoms with Gasteiger partial charge in [0.2, 0.25) is 12.8 Å². The summed E-state index contributed by atoms with van der Waals surface area (Å²) in [4.78, 5) is 21.2. The lowest BCUT2D eigenvalue weighted by atomic mass is 10.2. The maximum Gasteiger partial charge on any atom is 0.258 e. The molecule has 0 unspecified atom stereocenters. The minimum atomic E-state index is -0.541. The predicted molar refractivity (Wildman–Crippen MR) is 110 cm³/mol. The summed E-state index contributed by atoms with van der Waals surface area (Å²) in [6, 6.07) is 12.7. The summed E-state index contributed by atoms with van der Waals surface area (Å²) in [5, 5.41) is 5.64. The van der Waals surface area contributed by atoms with E-state index in [1.807, 2.05) is 6.07 Å². The molecule has 152 valence electrons. The van der Waals surface area contributed by atoms with Crippen molar-refractivity contribution in [1.82, 2.24) is 10.3 Å². The number of benzene rings is 2. The number of aromatic nitrogens is 1. The lowest BCUT2D eigenvalue weighted by Gasteiger charge is -2.12. The molecule has 0 saturated heterocycles. The lowest BCUT2D eigenvalue weighted by molar-refractivity contribution is 0.0976. The first-order valence-electron chi connectivity index (χ1n) is 8.95. The topological polar surface area (TPSA) is 84.8 Å². The number of carbonyl (C=O) groups excluding carboxylic acids is 1. The Kier molecular flexibility index (Phi) is 5.76.